The van der Waals surface area contributed by atoms with Crippen molar-refractivity contribution in [2.45, 2.75) is 44.1 Å². The summed E-state index contributed by atoms with van der Waals surface area (Å²) >= 11 is 0. The number of hydrogen-bond acceptors (Lipinski definition) is 4. The molecule has 2 saturated heterocycles. The third kappa shape index (κ3) is 6.02. The molecule has 0 unspecified atom stereocenters. The summed E-state index contributed by atoms with van der Waals surface area (Å²) in [5.41, 5.74) is 1.71. The van der Waals surface area contributed by atoms with Gasteiger partial charge in [0.25, 0.3) is 5.91 Å². The number of rotatable bonds is 7. The van der Waals surface area contributed by atoms with Crippen LogP contribution in [-0.2, 0) is 21.4 Å². The van der Waals surface area contributed by atoms with Crippen LogP contribution in [0.1, 0.15) is 48.5 Å². The highest BCUT2D eigenvalue weighted by Gasteiger charge is 2.29. The van der Waals surface area contributed by atoms with Crippen LogP contribution >= 0.6 is 0 Å². The number of carbonyl (C=O) groups excluding carboxylic acids is 1. The Kier molecular flexibility index (Phi) is 7.83. The van der Waals surface area contributed by atoms with Gasteiger partial charge in [0, 0.05) is 38.3 Å². The van der Waals surface area contributed by atoms with Crippen molar-refractivity contribution in [3.63, 3.8) is 0 Å². The van der Waals surface area contributed by atoms with Crippen LogP contribution in [0, 0.1) is 11.8 Å². The number of hydrogen-bond donors (Lipinski definition) is 0. The van der Waals surface area contributed by atoms with Crippen LogP contribution in [0.15, 0.2) is 59.5 Å². The van der Waals surface area contributed by atoms with Crippen molar-refractivity contribution in [1.29, 1.82) is 0 Å². The van der Waals surface area contributed by atoms with E-state index in [0.29, 0.717) is 56.8 Å². The van der Waals surface area contributed by atoms with Crippen LogP contribution in [0.3, 0.4) is 0 Å². The normalized spacial score (nSPS) is 19.0. The van der Waals surface area contributed by atoms with Gasteiger partial charge in [-0.2, -0.15) is 4.31 Å². The molecule has 2 aliphatic rings. The fourth-order valence-corrected chi connectivity index (χ4v) is 6.02. The van der Waals surface area contributed by atoms with E-state index in [-0.39, 0.29) is 10.8 Å². The van der Waals surface area contributed by atoms with Gasteiger partial charge in [-0.3, -0.25) is 4.79 Å². The molecule has 0 aromatic heterocycles. The molecule has 2 aromatic carbocycles. The summed E-state index contributed by atoms with van der Waals surface area (Å²) in [6.45, 7) is 6.01. The zero-order valence-electron chi connectivity index (χ0n) is 19.4. The molecule has 2 aliphatic heterocycles. The molecule has 0 radical (unpaired) electrons. The van der Waals surface area contributed by atoms with Crippen LogP contribution in [0.5, 0.6) is 0 Å². The lowest BCUT2D eigenvalue weighted by Crippen LogP contribution is -2.39. The third-order valence-corrected chi connectivity index (χ3v) is 8.76. The van der Waals surface area contributed by atoms with Gasteiger partial charge in [-0.15, -0.1) is 0 Å². The second-order valence-electron chi connectivity index (χ2n) is 9.35. The number of sulfonamides is 1. The van der Waals surface area contributed by atoms with Gasteiger partial charge < -0.3 is 9.64 Å². The topological polar surface area (TPSA) is 66.9 Å². The van der Waals surface area contributed by atoms with E-state index in [0.717, 1.165) is 25.7 Å². The summed E-state index contributed by atoms with van der Waals surface area (Å²) in [7, 11) is -3.49. The fourth-order valence-electron chi connectivity index (χ4n) is 4.55. The smallest absolute Gasteiger partial charge is 0.253 e. The van der Waals surface area contributed by atoms with Gasteiger partial charge in [0.1, 0.15) is 0 Å². The number of benzene rings is 2. The number of likely N-dealkylation sites (tertiary alicyclic amines) is 1. The quantitative estimate of drug-likeness (QED) is 0.609. The van der Waals surface area contributed by atoms with Crippen LogP contribution in [0.25, 0.3) is 0 Å². The first-order valence-electron chi connectivity index (χ1n) is 11.9. The van der Waals surface area contributed by atoms with Crippen molar-refractivity contribution in [3.8, 4) is 0 Å². The molecule has 0 bridgehead atoms. The van der Waals surface area contributed by atoms with Gasteiger partial charge in [-0.1, -0.05) is 37.3 Å². The molecule has 0 atom stereocenters. The van der Waals surface area contributed by atoms with Crippen LogP contribution in [0.2, 0.25) is 0 Å². The predicted molar refractivity (Wildman–Crippen MR) is 128 cm³/mol. The highest BCUT2D eigenvalue weighted by molar-refractivity contribution is 7.89. The summed E-state index contributed by atoms with van der Waals surface area (Å²) < 4.78 is 33.3. The highest BCUT2D eigenvalue weighted by atomic mass is 32.2. The molecular formula is C26H34N2O4S. The fraction of sp³-hybridized carbons (Fsp3) is 0.500. The first-order chi connectivity index (χ1) is 15.9. The number of piperidine rings is 2. The van der Waals surface area contributed by atoms with Gasteiger partial charge in [-0.05, 0) is 67.3 Å². The van der Waals surface area contributed by atoms with E-state index in [1.54, 1.807) is 28.6 Å². The lowest BCUT2D eigenvalue weighted by atomic mass is 9.97. The molecule has 7 heteroatoms. The molecular weight excluding hydrogens is 436 g/mol. The molecule has 1 amide bonds. The zero-order valence-corrected chi connectivity index (χ0v) is 20.2. The van der Waals surface area contributed by atoms with Crippen molar-refractivity contribution in [2.75, 3.05) is 32.8 Å². The highest BCUT2D eigenvalue weighted by Crippen LogP contribution is 2.25. The first-order valence-corrected chi connectivity index (χ1v) is 13.4. The Morgan fingerprint density at radius 1 is 0.909 bits per heavy atom. The maximum atomic E-state index is 12.9. The Hall–Kier alpha value is -2.22. The van der Waals surface area contributed by atoms with E-state index in [1.165, 1.54) is 5.56 Å². The molecule has 33 heavy (non-hydrogen) atoms. The molecule has 2 heterocycles. The lowest BCUT2D eigenvalue weighted by Gasteiger charge is -2.32. The van der Waals surface area contributed by atoms with E-state index >= 15 is 0 Å². The number of amides is 1. The van der Waals surface area contributed by atoms with Gasteiger partial charge in [0.05, 0.1) is 11.5 Å². The maximum absolute atomic E-state index is 12.9. The largest absolute Gasteiger partial charge is 0.376 e. The Balaban J connectivity index is 1.26. The second-order valence-corrected chi connectivity index (χ2v) is 11.3. The average Bonchev–Trinajstić information content (AvgIpc) is 2.85. The van der Waals surface area contributed by atoms with Crippen molar-refractivity contribution in [1.82, 2.24) is 9.21 Å². The minimum atomic E-state index is -3.49. The predicted octanol–water partition coefficient (Wildman–Crippen LogP) is 4.18. The number of carbonyl (C=O) groups is 1. The van der Waals surface area contributed by atoms with E-state index in [4.69, 9.17) is 4.74 Å². The van der Waals surface area contributed by atoms with E-state index in [9.17, 15) is 13.2 Å². The molecule has 0 saturated carbocycles. The monoisotopic (exact) mass is 470 g/mol. The number of ether oxygens (including phenoxy) is 1. The summed E-state index contributed by atoms with van der Waals surface area (Å²) in [6.07, 6.45) is 3.62. The van der Waals surface area contributed by atoms with Crippen LogP contribution < -0.4 is 0 Å². The Labute approximate surface area is 197 Å². The van der Waals surface area contributed by atoms with Gasteiger partial charge in [-0.25, -0.2) is 8.42 Å². The summed E-state index contributed by atoms with van der Waals surface area (Å²) in [5, 5.41) is 0. The van der Waals surface area contributed by atoms with Crippen molar-refractivity contribution >= 4 is 15.9 Å². The first kappa shape index (κ1) is 23.9. The van der Waals surface area contributed by atoms with E-state index < -0.39 is 10.0 Å². The Morgan fingerprint density at radius 2 is 1.55 bits per heavy atom. The van der Waals surface area contributed by atoms with Crippen LogP contribution in [0.4, 0.5) is 0 Å². The average molecular weight is 471 g/mol. The SMILES string of the molecule is CC1CCN(S(=O)(=O)c2ccc(C(=O)N3CCC(COCc4ccccc4)CC3)cc2)CC1. The summed E-state index contributed by atoms with van der Waals surface area (Å²) in [6, 6.07) is 16.6. The Bertz CT molecular complexity index is 1010. The maximum Gasteiger partial charge on any atom is 0.253 e. The van der Waals surface area contributed by atoms with Gasteiger partial charge in [0.2, 0.25) is 10.0 Å². The standard InChI is InChI=1S/C26H34N2O4S/c1-21-11-17-28(18-12-21)33(30,31)25-9-7-24(8-10-25)26(29)27-15-13-23(14-16-27)20-32-19-22-5-3-2-4-6-22/h2-10,21,23H,11-20H2,1H3. The third-order valence-electron chi connectivity index (χ3n) is 6.85. The second kappa shape index (κ2) is 10.8. The van der Waals surface area contributed by atoms with Crippen molar-refractivity contribution in [3.05, 3.63) is 65.7 Å². The molecule has 0 spiro atoms. The van der Waals surface area contributed by atoms with E-state index in [1.807, 2.05) is 23.1 Å². The molecule has 6 nitrogen and oxygen atoms in total. The molecule has 178 valence electrons. The molecule has 4 rings (SSSR count). The number of nitrogens with zero attached hydrogens (tertiary/aromatic N) is 2. The summed E-state index contributed by atoms with van der Waals surface area (Å²) in [4.78, 5) is 15.1. The molecule has 2 aromatic rings. The van der Waals surface area contributed by atoms with Crippen molar-refractivity contribution in [2.24, 2.45) is 11.8 Å². The van der Waals surface area contributed by atoms with Crippen LogP contribution in [-0.4, -0.2) is 56.3 Å². The molecule has 0 N–H and O–H groups in total. The van der Waals surface area contributed by atoms with Crippen molar-refractivity contribution < 1.29 is 17.9 Å². The minimum Gasteiger partial charge on any atom is -0.376 e. The molecule has 2 fully saturated rings. The molecule has 0 aliphatic carbocycles. The van der Waals surface area contributed by atoms with E-state index in [2.05, 4.69) is 19.1 Å². The zero-order chi connectivity index (χ0) is 23.3. The Morgan fingerprint density at radius 3 is 2.18 bits per heavy atom. The lowest BCUT2D eigenvalue weighted by molar-refractivity contribution is 0.0478. The van der Waals surface area contributed by atoms with Gasteiger partial charge >= 0.3 is 0 Å². The minimum absolute atomic E-state index is 0.0330. The summed E-state index contributed by atoms with van der Waals surface area (Å²) in [5.74, 6) is 0.989. The van der Waals surface area contributed by atoms with Gasteiger partial charge in [0.15, 0.2) is 0 Å².